The maximum atomic E-state index is 12.9. The third-order valence-electron chi connectivity index (χ3n) is 5.09. The molecular weight excluding hydrogens is 401 g/mol. The lowest BCUT2D eigenvalue weighted by Crippen LogP contribution is -2.25. The standard InChI is InChI=1S/C21H19F3N2O2S/c1-11(15-9-19(27)25-10-15)28-18-8-14(7-17-20(18)29-12(2)26-17)13-3-5-16(6-4-13)21(22,23)24/h3-8,11,15H,9-10H2,1-2H3,(H,25,27)/t11-,15-/m1/s1. The number of carbonyl (C=O) groups excluding carboxylic acids is 1. The van der Waals surface area contributed by atoms with E-state index in [4.69, 9.17) is 4.74 Å². The second kappa shape index (κ2) is 7.33. The van der Waals surface area contributed by atoms with E-state index in [0.29, 0.717) is 24.3 Å². The van der Waals surface area contributed by atoms with Gasteiger partial charge in [-0.15, -0.1) is 11.3 Å². The number of aromatic nitrogens is 1. The van der Waals surface area contributed by atoms with Crippen LogP contribution in [0.1, 0.15) is 23.9 Å². The van der Waals surface area contributed by atoms with E-state index in [0.717, 1.165) is 32.9 Å². The quantitative estimate of drug-likeness (QED) is 0.632. The summed E-state index contributed by atoms with van der Waals surface area (Å²) in [5.41, 5.74) is 1.45. The second-order valence-corrected chi connectivity index (χ2v) is 8.43. The molecular formula is C21H19F3N2O2S. The van der Waals surface area contributed by atoms with Crippen molar-refractivity contribution in [2.75, 3.05) is 6.54 Å². The summed E-state index contributed by atoms with van der Waals surface area (Å²) in [6.45, 7) is 4.40. The highest BCUT2D eigenvalue weighted by atomic mass is 32.1. The normalized spacial score (nSPS) is 18.1. The van der Waals surface area contributed by atoms with Crippen LogP contribution >= 0.6 is 11.3 Å². The number of aryl methyl sites for hydroxylation is 1. The number of ether oxygens (including phenoxy) is 1. The van der Waals surface area contributed by atoms with Gasteiger partial charge in [-0.25, -0.2) is 4.98 Å². The Morgan fingerprint density at radius 2 is 1.93 bits per heavy atom. The van der Waals surface area contributed by atoms with Gasteiger partial charge in [0.25, 0.3) is 0 Å². The highest BCUT2D eigenvalue weighted by Gasteiger charge is 2.30. The Balaban J connectivity index is 1.70. The van der Waals surface area contributed by atoms with E-state index in [1.165, 1.54) is 23.5 Å². The number of carbonyl (C=O) groups is 1. The molecule has 1 aromatic heterocycles. The minimum atomic E-state index is -4.37. The van der Waals surface area contributed by atoms with Crippen molar-refractivity contribution in [1.29, 1.82) is 0 Å². The maximum absolute atomic E-state index is 12.9. The van der Waals surface area contributed by atoms with Gasteiger partial charge in [0.2, 0.25) is 5.91 Å². The van der Waals surface area contributed by atoms with Crippen LogP contribution in [0.3, 0.4) is 0 Å². The average Bonchev–Trinajstić information content (AvgIpc) is 3.26. The molecule has 1 aliphatic rings. The third-order valence-corrected chi connectivity index (χ3v) is 6.10. The number of alkyl halides is 3. The molecule has 0 radical (unpaired) electrons. The van der Waals surface area contributed by atoms with E-state index in [2.05, 4.69) is 10.3 Å². The number of hydrogen-bond donors (Lipinski definition) is 1. The fourth-order valence-electron chi connectivity index (χ4n) is 3.47. The summed E-state index contributed by atoms with van der Waals surface area (Å²) in [4.78, 5) is 16.0. The largest absolute Gasteiger partial charge is 0.489 e. The Hall–Kier alpha value is -2.61. The van der Waals surface area contributed by atoms with Crippen molar-refractivity contribution in [2.24, 2.45) is 5.92 Å². The molecule has 2 aromatic carbocycles. The molecule has 2 heterocycles. The topological polar surface area (TPSA) is 51.2 Å². The van der Waals surface area contributed by atoms with Crippen LogP contribution in [0.4, 0.5) is 13.2 Å². The van der Waals surface area contributed by atoms with E-state index in [9.17, 15) is 18.0 Å². The smallest absolute Gasteiger partial charge is 0.416 e. The summed E-state index contributed by atoms with van der Waals surface area (Å²) in [5, 5.41) is 3.69. The molecule has 3 aromatic rings. The Kier molecular flexibility index (Phi) is 4.98. The van der Waals surface area contributed by atoms with Crippen LogP contribution in [0.15, 0.2) is 36.4 Å². The van der Waals surface area contributed by atoms with Gasteiger partial charge in [-0.05, 0) is 49.2 Å². The van der Waals surface area contributed by atoms with Crippen molar-refractivity contribution in [3.63, 3.8) is 0 Å². The molecule has 0 aliphatic carbocycles. The number of fused-ring (bicyclic) bond motifs is 1. The van der Waals surface area contributed by atoms with Gasteiger partial charge in [-0.3, -0.25) is 4.79 Å². The monoisotopic (exact) mass is 420 g/mol. The summed E-state index contributed by atoms with van der Waals surface area (Å²) in [6, 6.07) is 8.75. The molecule has 8 heteroatoms. The lowest BCUT2D eigenvalue weighted by molar-refractivity contribution is -0.137. The minimum Gasteiger partial charge on any atom is -0.489 e. The van der Waals surface area contributed by atoms with E-state index in [1.807, 2.05) is 26.0 Å². The molecule has 0 spiro atoms. The van der Waals surface area contributed by atoms with Crippen molar-refractivity contribution in [3.8, 4) is 16.9 Å². The van der Waals surface area contributed by atoms with Crippen LogP contribution in [0, 0.1) is 12.8 Å². The number of nitrogens with one attached hydrogen (secondary N) is 1. The van der Waals surface area contributed by atoms with Gasteiger partial charge < -0.3 is 10.1 Å². The van der Waals surface area contributed by atoms with E-state index in [-0.39, 0.29) is 17.9 Å². The van der Waals surface area contributed by atoms with E-state index in [1.54, 1.807) is 0 Å². The number of halogens is 3. The number of rotatable bonds is 4. The van der Waals surface area contributed by atoms with E-state index >= 15 is 0 Å². The summed E-state index contributed by atoms with van der Waals surface area (Å²) in [7, 11) is 0. The van der Waals surface area contributed by atoms with Gasteiger partial charge in [0, 0.05) is 18.9 Å². The Morgan fingerprint density at radius 3 is 2.55 bits per heavy atom. The van der Waals surface area contributed by atoms with Gasteiger partial charge in [0.15, 0.2) is 0 Å². The predicted molar refractivity (Wildman–Crippen MR) is 106 cm³/mol. The Morgan fingerprint density at radius 1 is 1.21 bits per heavy atom. The zero-order chi connectivity index (χ0) is 20.8. The molecule has 4 nitrogen and oxygen atoms in total. The zero-order valence-electron chi connectivity index (χ0n) is 15.8. The van der Waals surface area contributed by atoms with Crippen molar-refractivity contribution in [3.05, 3.63) is 47.0 Å². The lowest BCUT2D eigenvalue weighted by atomic mass is 10.0. The van der Waals surface area contributed by atoms with Crippen LogP contribution in [0.2, 0.25) is 0 Å². The molecule has 29 heavy (non-hydrogen) atoms. The Labute approximate surface area is 169 Å². The molecule has 0 unspecified atom stereocenters. The highest BCUT2D eigenvalue weighted by Crippen LogP contribution is 2.38. The predicted octanol–water partition coefficient (Wildman–Crippen LogP) is 5.19. The van der Waals surface area contributed by atoms with E-state index < -0.39 is 11.7 Å². The number of hydrogen-bond acceptors (Lipinski definition) is 4. The van der Waals surface area contributed by atoms with Gasteiger partial charge in [0.1, 0.15) is 11.9 Å². The fourth-order valence-corrected chi connectivity index (χ4v) is 4.33. The first-order chi connectivity index (χ1) is 13.7. The summed E-state index contributed by atoms with van der Waals surface area (Å²) in [6.07, 6.45) is -4.14. The maximum Gasteiger partial charge on any atom is 0.416 e. The first kappa shape index (κ1) is 19.7. The molecule has 1 fully saturated rings. The van der Waals surface area contributed by atoms with Crippen LogP contribution in [-0.4, -0.2) is 23.5 Å². The minimum absolute atomic E-state index is 0.0164. The molecule has 2 atom stereocenters. The van der Waals surface area contributed by atoms with Gasteiger partial charge in [-0.2, -0.15) is 13.2 Å². The van der Waals surface area contributed by atoms with Crippen LogP contribution in [-0.2, 0) is 11.0 Å². The molecule has 0 bridgehead atoms. The molecule has 1 aliphatic heterocycles. The number of nitrogens with zero attached hydrogens (tertiary/aromatic N) is 1. The second-order valence-electron chi connectivity index (χ2n) is 7.22. The molecule has 152 valence electrons. The first-order valence-electron chi connectivity index (χ1n) is 9.23. The summed E-state index contributed by atoms with van der Waals surface area (Å²) in [5.74, 6) is 0.721. The zero-order valence-corrected chi connectivity index (χ0v) is 16.7. The highest BCUT2D eigenvalue weighted by molar-refractivity contribution is 7.18. The summed E-state index contributed by atoms with van der Waals surface area (Å²) < 4.78 is 45.7. The molecule has 1 saturated heterocycles. The molecule has 0 saturated carbocycles. The SMILES string of the molecule is Cc1nc2cc(-c3ccc(C(F)(F)F)cc3)cc(O[C@H](C)[C@H]3CNC(=O)C3)c2s1. The number of benzene rings is 2. The molecule has 1 amide bonds. The van der Waals surface area contributed by atoms with Crippen molar-refractivity contribution in [2.45, 2.75) is 32.5 Å². The van der Waals surface area contributed by atoms with Crippen molar-refractivity contribution < 1.29 is 22.7 Å². The van der Waals surface area contributed by atoms with Crippen molar-refractivity contribution >= 4 is 27.5 Å². The molecule has 4 rings (SSSR count). The Bertz CT molecular complexity index is 1060. The first-order valence-corrected chi connectivity index (χ1v) is 10.0. The number of thiazole rings is 1. The average molecular weight is 420 g/mol. The van der Waals surface area contributed by atoms with Crippen molar-refractivity contribution in [1.82, 2.24) is 10.3 Å². The van der Waals surface area contributed by atoms with Crippen LogP contribution in [0.25, 0.3) is 21.3 Å². The van der Waals surface area contributed by atoms with Gasteiger partial charge >= 0.3 is 6.18 Å². The van der Waals surface area contributed by atoms with Gasteiger partial charge in [0.05, 0.1) is 20.8 Å². The summed E-state index contributed by atoms with van der Waals surface area (Å²) >= 11 is 1.51. The lowest BCUT2D eigenvalue weighted by Gasteiger charge is -2.20. The number of amides is 1. The molecule has 1 N–H and O–H groups in total. The van der Waals surface area contributed by atoms with Gasteiger partial charge in [-0.1, -0.05) is 12.1 Å². The van der Waals surface area contributed by atoms with Crippen LogP contribution < -0.4 is 10.1 Å². The fraction of sp³-hybridized carbons (Fsp3) is 0.333. The van der Waals surface area contributed by atoms with Crippen LogP contribution in [0.5, 0.6) is 5.75 Å². The third kappa shape index (κ3) is 4.07.